The molecule has 2 nitrogen and oxygen atoms in total. The Kier molecular flexibility index (Phi) is 5.12. The summed E-state index contributed by atoms with van der Waals surface area (Å²) >= 11 is 1.71. The van der Waals surface area contributed by atoms with Crippen LogP contribution in [0.3, 0.4) is 0 Å². The van der Waals surface area contributed by atoms with Gasteiger partial charge in [0.2, 0.25) is 0 Å². The van der Waals surface area contributed by atoms with E-state index in [9.17, 15) is 0 Å². The molecule has 0 bridgehead atoms. The van der Waals surface area contributed by atoms with Crippen molar-refractivity contribution in [1.29, 1.82) is 0 Å². The van der Waals surface area contributed by atoms with Crippen LogP contribution in [0.1, 0.15) is 38.6 Å². The highest BCUT2D eigenvalue weighted by Gasteiger charge is 2.06. The summed E-state index contributed by atoms with van der Waals surface area (Å²) < 4.78 is 0. The Morgan fingerprint density at radius 3 is 2.50 bits per heavy atom. The molecule has 0 spiro atoms. The van der Waals surface area contributed by atoms with Gasteiger partial charge in [0.05, 0.1) is 10.7 Å². The number of nitrogens with zero attached hydrogens (tertiary/aromatic N) is 2. The fourth-order valence-corrected chi connectivity index (χ4v) is 2.04. The van der Waals surface area contributed by atoms with Crippen LogP contribution in [0, 0.1) is 0 Å². The molecule has 0 fully saturated rings. The molecule has 0 saturated heterocycles. The van der Waals surface area contributed by atoms with Crippen molar-refractivity contribution in [3.63, 3.8) is 0 Å². The summed E-state index contributed by atoms with van der Waals surface area (Å²) in [5, 5.41) is 3.27. The number of thiazole rings is 1. The minimum atomic E-state index is 0.505. The number of rotatable bonds is 2. The van der Waals surface area contributed by atoms with Crippen LogP contribution in [0.5, 0.6) is 0 Å². The highest BCUT2D eigenvalue weighted by molar-refractivity contribution is 7.10. The van der Waals surface area contributed by atoms with Crippen LogP contribution in [0.4, 0.5) is 0 Å². The van der Waals surface area contributed by atoms with Gasteiger partial charge in [-0.25, -0.2) is 4.98 Å². The van der Waals surface area contributed by atoms with E-state index >= 15 is 0 Å². The first-order valence-corrected chi connectivity index (χ1v) is 6.51. The van der Waals surface area contributed by atoms with E-state index in [0.29, 0.717) is 5.92 Å². The van der Waals surface area contributed by atoms with Crippen molar-refractivity contribution in [2.75, 3.05) is 0 Å². The minimum absolute atomic E-state index is 0.505. The van der Waals surface area contributed by atoms with E-state index < -0.39 is 0 Å². The molecule has 16 heavy (non-hydrogen) atoms. The van der Waals surface area contributed by atoms with Gasteiger partial charge in [-0.3, -0.25) is 4.98 Å². The maximum atomic E-state index is 4.56. The van der Waals surface area contributed by atoms with Gasteiger partial charge in [0, 0.05) is 29.3 Å². The molecule has 0 amide bonds. The Morgan fingerprint density at radius 2 is 2.00 bits per heavy atom. The highest BCUT2D eigenvalue weighted by Crippen LogP contribution is 2.25. The van der Waals surface area contributed by atoms with Crippen molar-refractivity contribution in [1.82, 2.24) is 9.97 Å². The topological polar surface area (TPSA) is 25.8 Å². The molecule has 0 N–H and O–H groups in total. The summed E-state index contributed by atoms with van der Waals surface area (Å²) in [6.07, 6.45) is 3.62. The van der Waals surface area contributed by atoms with Crippen LogP contribution in [0.25, 0.3) is 11.3 Å². The van der Waals surface area contributed by atoms with Gasteiger partial charge >= 0.3 is 0 Å². The van der Waals surface area contributed by atoms with Crippen LogP contribution < -0.4 is 0 Å². The Labute approximate surface area is 101 Å². The predicted octanol–water partition coefficient (Wildman–Crippen LogP) is 4.35. The van der Waals surface area contributed by atoms with E-state index in [1.807, 2.05) is 32.2 Å². The smallest absolute Gasteiger partial charge is 0.0958 e. The molecule has 3 heteroatoms. The quantitative estimate of drug-likeness (QED) is 0.771. The Morgan fingerprint density at radius 1 is 1.25 bits per heavy atom. The molecule has 0 saturated carbocycles. The van der Waals surface area contributed by atoms with Gasteiger partial charge in [-0.15, -0.1) is 11.3 Å². The first-order valence-electron chi connectivity index (χ1n) is 5.63. The molecular formula is C13H18N2S. The number of aromatic nitrogens is 2. The summed E-state index contributed by atoms with van der Waals surface area (Å²) in [6.45, 7) is 8.32. The monoisotopic (exact) mass is 234 g/mol. The lowest BCUT2D eigenvalue weighted by Gasteiger charge is -1.97. The molecule has 2 rings (SSSR count). The van der Waals surface area contributed by atoms with Crippen LogP contribution in [0.15, 0.2) is 29.9 Å². The fraction of sp³-hybridized carbons (Fsp3) is 0.385. The van der Waals surface area contributed by atoms with Crippen molar-refractivity contribution in [2.45, 2.75) is 33.6 Å². The zero-order valence-corrected chi connectivity index (χ0v) is 11.1. The summed E-state index contributed by atoms with van der Waals surface area (Å²) in [7, 11) is 0. The third-order valence-corrected chi connectivity index (χ3v) is 3.12. The maximum absolute atomic E-state index is 4.56. The fourth-order valence-electron chi connectivity index (χ4n) is 1.20. The van der Waals surface area contributed by atoms with Gasteiger partial charge in [-0.2, -0.15) is 0 Å². The lowest BCUT2D eigenvalue weighted by atomic mass is 10.2. The van der Waals surface area contributed by atoms with Gasteiger partial charge in [0.1, 0.15) is 0 Å². The first kappa shape index (κ1) is 12.8. The molecule has 0 aromatic carbocycles. The third kappa shape index (κ3) is 3.14. The minimum Gasteiger partial charge on any atom is -0.264 e. The van der Waals surface area contributed by atoms with E-state index in [1.54, 1.807) is 17.5 Å². The Bertz CT molecular complexity index is 407. The van der Waals surface area contributed by atoms with Gasteiger partial charge in [0.15, 0.2) is 0 Å². The number of hydrogen-bond donors (Lipinski definition) is 0. The summed E-state index contributed by atoms with van der Waals surface area (Å²) in [5.41, 5.74) is 2.13. The van der Waals surface area contributed by atoms with Crippen LogP contribution in [-0.4, -0.2) is 9.97 Å². The molecule has 86 valence electrons. The second-order valence-electron chi connectivity index (χ2n) is 3.47. The number of hydrogen-bond acceptors (Lipinski definition) is 3. The zero-order chi connectivity index (χ0) is 12.0. The second-order valence-corrected chi connectivity index (χ2v) is 4.36. The van der Waals surface area contributed by atoms with Crippen LogP contribution >= 0.6 is 11.3 Å². The van der Waals surface area contributed by atoms with Crippen molar-refractivity contribution >= 4 is 11.3 Å². The van der Waals surface area contributed by atoms with Crippen molar-refractivity contribution in [3.8, 4) is 11.3 Å². The van der Waals surface area contributed by atoms with Gasteiger partial charge in [-0.1, -0.05) is 27.7 Å². The normalized spacial score (nSPS) is 9.81. The van der Waals surface area contributed by atoms with E-state index in [2.05, 4.69) is 29.2 Å². The lowest BCUT2D eigenvalue weighted by molar-refractivity contribution is 0.853. The molecule has 0 aliphatic heterocycles. The molecule has 0 aliphatic rings. The third-order valence-electron chi connectivity index (χ3n) is 1.97. The largest absolute Gasteiger partial charge is 0.264 e. The van der Waals surface area contributed by atoms with Crippen molar-refractivity contribution in [3.05, 3.63) is 34.9 Å². The maximum Gasteiger partial charge on any atom is 0.0958 e. The molecule has 0 radical (unpaired) electrons. The predicted molar refractivity (Wildman–Crippen MR) is 70.8 cm³/mol. The highest BCUT2D eigenvalue weighted by atomic mass is 32.1. The van der Waals surface area contributed by atoms with Crippen molar-refractivity contribution in [2.24, 2.45) is 0 Å². The Hall–Kier alpha value is -1.22. The summed E-state index contributed by atoms with van der Waals surface area (Å²) in [4.78, 5) is 8.64. The van der Waals surface area contributed by atoms with E-state index in [-0.39, 0.29) is 0 Å². The molecule has 2 aromatic heterocycles. The van der Waals surface area contributed by atoms with E-state index in [0.717, 1.165) is 11.3 Å². The SMILES string of the molecule is CC.CC(C)c1nc(-c2cccnc2)cs1. The van der Waals surface area contributed by atoms with Crippen LogP contribution in [-0.2, 0) is 0 Å². The van der Waals surface area contributed by atoms with E-state index in [4.69, 9.17) is 0 Å². The van der Waals surface area contributed by atoms with Crippen LogP contribution in [0.2, 0.25) is 0 Å². The van der Waals surface area contributed by atoms with Gasteiger partial charge in [-0.05, 0) is 12.1 Å². The molecule has 2 heterocycles. The molecule has 2 aromatic rings. The molecule has 0 aliphatic carbocycles. The van der Waals surface area contributed by atoms with Gasteiger partial charge < -0.3 is 0 Å². The van der Waals surface area contributed by atoms with E-state index in [1.165, 1.54) is 5.01 Å². The standard InChI is InChI=1S/C11H12N2S.C2H6/c1-8(2)11-13-10(7-14-11)9-4-3-5-12-6-9;1-2/h3-8H,1-2H3;1-2H3. The lowest BCUT2D eigenvalue weighted by Crippen LogP contribution is -1.85. The second kappa shape index (κ2) is 6.38. The summed E-state index contributed by atoms with van der Waals surface area (Å²) in [6, 6.07) is 3.97. The number of pyridine rings is 1. The first-order chi connectivity index (χ1) is 7.77. The average molecular weight is 234 g/mol. The molecule has 0 atom stereocenters. The van der Waals surface area contributed by atoms with Crippen molar-refractivity contribution < 1.29 is 0 Å². The van der Waals surface area contributed by atoms with Gasteiger partial charge in [0.25, 0.3) is 0 Å². The molecular weight excluding hydrogens is 216 g/mol. The Balaban J connectivity index is 0.000000606. The zero-order valence-electron chi connectivity index (χ0n) is 10.3. The average Bonchev–Trinajstić information content (AvgIpc) is 2.82. The summed E-state index contributed by atoms with van der Waals surface area (Å²) in [5.74, 6) is 0.505. The molecule has 0 unspecified atom stereocenters.